The van der Waals surface area contributed by atoms with Crippen LogP contribution >= 0.6 is 0 Å². The molecule has 46 heavy (non-hydrogen) atoms. The van der Waals surface area contributed by atoms with Crippen LogP contribution in [0.25, 0.3) is 0 Å². The highest BCUT2D eigenvalue weighted by molar-refractivity contribution is 5.95. The van der Waals surface area contributed by atoms with Gasteiger partial charge in [0.1, 0.15) is 0 Å². The summed E-state index contributed by atoms with van der Waals surface area (Å²) in [6.07, 6.45) is 0. The van der Waals surface area contributed by atoms with Crippen molar-refractivity contribution in [2.45, 2.75) is 0 Å². The Hall–Kier alpha value is -7.24. The molecule has 0 aromatic heterocycles. The Morgan fingerprint density at radius 2 is 0.696 bits per heavy atom. The van der Waals surface area contributed by atoms with Crippen LogP contribution in [0.15, 0.2) is 48.5 Å². The van der Waals surface area contributed by atoms with Gasteiger partial charge in [0.25, 0.3) is 0 Å². The number of carboxylic acid groups (broad SMARTS) is 2. The Morgan fingerprint density at radius 1 is 0.391 bits per heavy atom. The SMILES string of the molecule is O=C(O)c1cc(O)c(O)c(OC(=O)c2cc(O)c(O)c(O)c2)c1.O=C(O)c1cc(O)c(OC(=O)c2cc(O)c(O)c(O)c2)c(O)c1. The maximum Gasteiger partial charge on any atom is 0.344 e. The van der Waals surface area contributed by atoms with Gasteiger partial charge in [-0.3, -0.25) is 0 Å². The number of esters is 2. The molecule has 18 heteroatoms. The van der Waals surface area contributed by atoms with E-state index in [4.69, 9.17) is 19.7 Å². The summed E-state index contributed by atoms with van der Waals surface area (Å²) in [7, 11) is 0. The molecule has 0 atom stereocenters. The molecule has 0 radical (unpaired) electrons. The van der Waals surface area contributed by atoms with Crippen molar-refractivity contribution < 1.29 is 89.9 Å². The number of aromatic carboxylic acids is 2. The first-order chi connectivity index (χ1) is 21.4. The summed E-state index contributed by atoms with van der Waals surface area (Å²) >= 11 is 0. The molecular weight excluding hydrogens is 624 g/mol. The van der Waals surface area contributed by atoms with Gasteiger partial charge < -0.3 is 70.8 Å². The molecule has 0 aliphatic rings. The van der Waals surface area contributed by atoms with Gasteiger partial charge in [-0.05, 0) is 48.5 Å². The van der Waals surface area contributed by atoms with Crippen LogP contribution < -0.4 is 9.47 Å². The van der Waals surface area contributed by atoms with Crippen LogP contribution in [0.5, 0.6) is 69.0 Å². The molecule has 4 aromatic rings. The average molecular weight is 644 g/mol. The zero-order valence-electron chi connectivity index (χ0n) is 22.4. The van der Waals surface area contributed by atoms with E-state index in [0.29, 0.717) is 0 Å². The Morgan fingerprint density at radius 3 is 1.09 bits per heavy atom. The summed E-state index contributed by atoms with van der Waals surface area (Å²) < 4.78 is 9.45. The summed E-state index contributed by atoms with van der Waals surface area (Å²) in [6.45, 7) is 0. The van der Waals surface area contributed by atoms with Crippen LogP contribution in [-0.4, -0.2) is 85.2 Å². The number of phenols is 10. The third-order valence-electron chi connectivity index (χ3n) is 5.61. The van der Waals surface area contributed by atoms with Gasteiger partial charge in [0.2, 0.25) is 11.5 Å². The number of carbonyl (C=O) groups excluding carboxylic acids is 2. The van der Waals surface area contributed by atoms with Crippen LogP contribution in [0, 0.1) is 0 Å². The molecule has 0 aliphatic carbocycles. The Labute approximate surface area is 253 Å². The third kappa shape index (κ3) is 7.21. The highest BCUT2D eigenvalue weighted by atomic mass is 16.6. The molecule has 18 nitrogen and oxygen atoms in total. The first-order valence-corrected chi connectivity index (χ1v) is 11.9. The first kappa shape index (κ1) is 33.3. The van der Waals surface area contributed by atoms with Crippen LogP contribution in [0.3, 0.4) is 0 Å². The monoisotopic (exact) mass is 644 g/mol. The molecular formula is C28H20O18. The molecule has 0 unspecified atom stereocenters. The highest BCUT2D eigenvalue weighted by Crippen LogP contribution is 2.40. The second kappa shape index (κ2) is 13.0. The smallest absolute Gasteiger partial charge is 0.344 e. The molecule has 0 aliphatic heterocycles. The Bertz CT molecular complexity index is 1830. The van der Waals surface area contributed by atoms with E-state index in [1.807, 2.05) is 0 Å². The van der Waals surface area contributed by atoms with Gasteiger partial charge in [0.15, 0.2) is 57.5 Å². The topological polar surface area (TPSA) is 330 Å². The lowest BCUT2D eigenvalue weighted by Crippen LogP contribution is -2.09. The second-order valence-corrected chi connectivity index (χ2v) is 8.80. The third-order valence-corrected chi connectivity index (χ3v) is 5.61. The summed E-state index contributed by atoms with van der Waals surface area (Å²) in [5.74, 6) is -14.7. The lowest BCUT2D eigenvalue weighted by molar-refractivity contribution is 0.0682. The standard InChI is InChI=1S/2C14H10O9/c15-7-2-6(3-8(16)11(7)18)14(22)23-10-4-5(13(20)21)1-9(17)12(10)19;15-7-3-6(4-8(16)11(7)19)14(22)23-12-9(17)1-5(13(20)21)2-10(12)18/h2*1-4,15-19H,(H,20,21). The van der Waals surface area contributed by atoms with Crippen molar-refractivity contribution in [2.75, 3.05) is 0 Å². The predicted octanol–water partition coefficient (Wildman–Crippen LogP) is 2.26. The van der Waals surface area contributed by atoms with Crippen LogP contribution in [0.1, 0.15) is 41.4 Å². The van der Waals surface area contributed by atoms with Crippen LogP contribution in [-0.2, 0) is 0 Å². The van der Waals surface area contributed by atoms with Gasteiger partial charge in [-0.2, -0.15) is 0 Å². The molecule has 4 aromatic carbocycles. The minimum Gasteiger partial charge on any atom is -0.504 e. The van der Waals surface area contributed by atoms with Gasteiger partial charge in [-0.25, -0.2) is 19.2 Å². The molecule has 0 amide bonds. The number of carbonyl (C=O) groups is 4. The van der Waals surface area contributed by atoms with E-state index >= 15 is 0 Å². The summed E-state index contributed by atoms with van der Waals surface area (Å²) in [5, 5.41) is 112. The zero-order valence-corrected chi connectivity index (χ0v) is 22.4. The van der Waals surface area contributed by atoms with Crippen molar-refractivity contribution in [1.29, 1.82) is 0 Å². The van der Waals surface area contributed by atoms with E-state index < -0.39 is 110 Å². The van der Waals surface area contributed by atoms with Crippen molar-refractivity contribution in [3.63, 3.8) is 0 Å². The maximum absolute atomic E-state index is 11.9. The second-order valence-electron chi connectivity index (χ2n) is 8.80. The minimum atomic E-state index is -1.43. The normalized spacial score (nSPS) is 10.3. The van der Waals surface area contributed by atoms with Gasteiger partial charge in [-0.15, -0.1) is 0 Å². The fourth-order valence-corrected chi connectivity index (χ4v) is 3.38. The van der Waals surface area contributed by atoms with E-state index in [0.717, 1.165) is 48.5 Å². The molecule has 0 fully saturated rings. The van der Waals surface area contributed by atoms with E-state index in [1.165, 1.54) is 0 Å². The number of phenolic OH excluding ortho intramolecular Hbond substituents is 10. The fourth-order valence-electron chi connectivity index (χ4n) is 3.38. The molecule has 12 N–H and O–H groups in total. The van der Waals surface area contributed by atoms with E-state index in [-0.39, 0.29) is 5.56 Å². The summed E-state index contributed by atoms with van der Waals surface area (Å²) in [5.41, 5.74) is -1.66. The van der Waals surface area contributed by atoms with Crippen molar-refractivity contribution in [3.05, 3.63) is 70.8 Å². The zero-order chi connectivity index (χ0) is 34.6. The predicted molar refractivity (Wildman–Crippen MR) is 146 cm³/mol. The van der Waals surface area contributed by atoms with Crippen molar-refractivity contribution in [2.24, 2.45) is 0 Å². The summed E-state index contributed by atoms with van der Waals surface area (Å²) in [4.78, 5) is 45.4. The van der Waals surface area contributed by atoms with Gasteiger partial charge in [0.05, 0.1) is 22.3 Å². The molecule has 0 spiro atoms. The van der Waals surface area contributed by atoms with Crippen molar-refractivity contribution in [3.8, 4) is 69.0 Å². The lowest BCUT2D eigenvalue weighted by Gasteiger charge is -2.10. The van der Waals surface area contributed by atoms with E-state index in [2.05, 4.69) is 0 Å². The number of hydrogen-bond donors (Lipinski definition) is 12. The molecule has 0 bridgehead atoms. The fraction of sp³-hybridized carbons (Fsp3) is 0. The molecule has 4 rings (SSSR count). The quantitative estimate of drug-likeness (QED) is 0.0813. The average Bonchev–Trinajstić information content (AvgIpc) is 2.98. The van der Waals surface area contributed by atoms with E-state index in [1.54, 1.807) is 0 Å². The molecule has 0 saturated carbocycles. The molecule has 240 valence electrons. The number of benzene rings is 4. The van der Waals surface area contributed by atoms with Gasteiger partial charge in [0, 0.05) is 0 Å². The van der Waals surface area contributed by atoms with Gasteiger partial charge >= 0.3 is 23.9 Å². The lowest BCUT2D eigenvalue weighted by atomic mass is 10.1. The largest absolute Gasteiger partial charge is 0.504 e. The summed E-state index contributed by atoms with van der Waals surface area (Å²) in [6, 6.07) is 6.23. The van der Waals surface area contributed by atoms with Gasteiger partial charge in [-0.1, -0.05) is 0 Å². The van der Waals surface area contributed by atoms with Crippen molar-refractivity contribution >= 4 is 23.9 Å². The Balaban J connectivity index is 0.000000250. The van der Waals surface area contributed by atoms with E-state index in [9.17, 15) is 70.2 Å². The highest BCUT2D eigenvalue weighted by Gasteiger charge is 2.22. The number of aromatic hydroxyl groups is 10. The number of hydrogen-bond acceptors (Lipinski definition) is 16. The number of rotatable bonds is 6. The van der Waals surface area contributed by atoms with Crippen molar-refractivity contribution in [1.82, 2.24) is 0 Å². The minimum absolute atomic E-state index is 0.390. The first-order valence-electron chi connectivity index (χ1n) is 11.9. The van der Waals surface area contributed by atoms with Crippen LogP contribution in [0.2, 0.25) is 0 Å². The number of carboxylic acids is 2. The van der Waals surface area contributed by atoms with Crippen LogP contribution in [0.4, 0.5) is 0 Å². The maximum atomic E-state index is 11.9. The number of ether oxygens (including phenoxy) is 2. The molecule has 0 saturated heterocycles. The molecule has 0 heterocycles. The Kier molecular flexibility index (Phi) is 9.37.